The van der Waals surface area contributed by atoms with Gasteiger partial charge in [-0.2, -0.15) is 9.97 Å². The zero-order chi connectivity index (χ0) is 16.6. The molecule has 4 aliphatic rings. The van der Waals surface area contributed by atoms with Crippen molar-refractivity contribution in [3.8, 4) is 0 Å². The van der Waals surface area contributed by atoms with Crippen LogP contribution in [-0.4, -0.2) is 47.0 Å². The number of hydrogen-bond acceptors (Lipinski definition) is 5. The fourth-order valence-corrected chi connectivity index (χ4v) is 3.25. The first-order valence-corrected chi connectivity index (χ1v) is 8.86. The van der Waals surface area contributed by atoms with Crippen LogP contribution < -0.4 is 5.32 Å². The maximum atomic E-state index is 4.83. The van der Waals surface area contributed by atoms with Gasteiger partial charge in [0.2, 0.25) is 5.95 Å². The molecule has 2 aliphatic heterocycles. The zero-order valence-electron chi connectivity index (χ0n) is 14.5. The Balaban J connectivity index is 1.60. The Morgan fingerprint density at radius 1 is 1.21 bits per heavy atom. The molecule has 2 aliphatic carbocycles. The van der Waals surface area contributed by atoms with E-state index >= 15 is 0 Å². The van der Waals surface area contributed by atoms with Gasteiger partial charge in [-0.05, 0) is 51.9 Å². The lowest BCUT2D eigenvalue weighted by Gasteiger charge is -2.19. The van der Waals surface area contributed by atoms with Crippen molar-refractivity contribution >= 4 is 11.5 Å². The van der Waals surface area contributed by atoms with Gasteiger partial charge in [-0.25, -0.2) is 4.98 Å². The number of rotatable bonds is 5. The second-order valence-corrected chi connectivity index (χ2v) is 7.39. The molecule has 3 heterocycles. The fourth-order valence-electron chi connectivity index (χ4n) is 3.25. The molecule has 4 bridgehead atoms. The molecule has 24 heavy (non-hydrogen) atoms. The van der Waals surface area contributed by atoms with Crippen LogP contribution in [0.2, 0.25) is 0 Å². The van der Waals surface area contributed by atoms with Gasteiger partial charge < -0.3 is 10.2 Å². The summed E-state index contributed by atoms with van der Waals surface area (Å²) >= 11 is 0. The molecule has 0 aromatic carbocycles. The highest BCUT2D eigenvalue weighted by Gasteiger charge is 2.46. The Hall–Kier alpha value is -2.01. The van der Waals surface area contributed by atoms with E-state index in [1.165, 1.54) is 24.0 Å². The van der Waals surface area contributed by atoms with Gasteiger partial charge in [0, 0.05) is 24.0 Å². The summed E-state index contributed by atoms with van der Waals surface area (Å²) in [5, 5.41) is 3.40. The maximum Gasteiger partial charge on any atom is 0.226 e. The lowest BCUT2D eigenvalue weighted by atomic mass is 9.91. The van der Waals surface area contributed by atoms with Crippen molar-refractivity contribution in [2.75, 3.05) is 32.5 Å². The van der Waals surface area contributed by atoms with E-state index in [-0.39, 0.29) is 5.41 Å². The summed E-state index contributed by atoms with van der Waals surface area (Å²) in [7, 11) is 4.19. The summed E-state index contributed by atoms with van der Waals surface area (Å²) in [5.41, 5.74) is 2.73. The molecule has 0 saturated heterocycles. The topological polar surface area (TPSA) is 53.9 Å². The monoisotopic (exact) mass is 323 g/mol. The molecule has 126 valence electrons. The molecule has 5 nitrogen and oxygen atoms in total. The first-order chi connectivity index (χ1) is 11.6. The summed E-state index contributed by atoms with van der Waals surface area (Å²) < 4.78 is 0. The van der Waals surface area contributed by atoms with Crippen LogP contribution in [0.15, 0.2) is 29.9 Å². The SMILES string of the molecule is CN(C)CCCNc1nc2nc(n1)C1(C/C=C\C=C3/C=C2C3)CC1. The van der Waals surface area contributed by atoms with E-state index < -0.39 is 0 Å². The second kappa shape index (κ2) is 6.13. The third kappa shape index (κ3) is 3.13. The highest BCUT2D eigenvalue weighted by atomic mass is 15.2. The Kier molecular flexibility index (Phi) is 3.96. The summed E-state index contributed by atoms with van der Waals surface area (Å²) in [5.74, 6) is 2.57. The van der Waals surface area contributed by atoms with E-state index in [1.807, 2.05) is 0 Å². The number of nitrogens with zero attached hydrogens (tertiary/aromatic N) is 4. The number of aromatic nitrogens is 3. The Morgan fingerprint density at radius 2 is 2.04 bits per heavy atom. The summed E-state index contributed by atoms with van der Waals surface area (Å²) in [6, 6.07) is 0. The minimum atomic E-state index is 0.141. The standard InChI is InChI=1S/C19H25N5/c1-24(2)11-5-10-20-18-22-16-15-12-14(13-15)6-3-4-7-19(8-9-19)17(21-16)23-18/h3-4,6,12H,5,7-11,13H2,1-2H3,(H,20,21,22,23)/b4-3-,14-6+. The van der Waals surface area contributed by atoms with Crippen molar-refractivity contribution < 1.29 is 0 Å². The largest absolute Gasteiger partial charge is 0.354 e. The molecule has 1 fully saturated rings. The van der Waals surface area contributed by atoms with Gasteiger partial charge in [-0.3, -0.25) is 0 Å². The van der Waals surface area contributed by atoms with E-state index in [1.54, 1.807) is 0 Å². The first-order valence-electron chi connectivity index (χ1n) is 8.86. The van der Waals surface area contributed by atoms with Crippen molar-refractivity contribution in [3.63, 3.8) is 0 Å². The Morgan fingerprint density at radius 3 is 2.79 bits per heavy atom. The molecule has 0 radical (unpaired) electrons. The second-order valence-electron chi connectivity index (χ2n) is 7.39. The van der Waals surface area contributed by atoms with Crippen LogP contribution in [0.3, 0.4) is 0 Å². The molecule has 1 aromatic heterocycles. The average molecular weight is 323 g/mol. The van der Waals surface area contributed by atoms with Crippen molar-refractivity contribution in [2.24, 2.45) is 0 Å². The Labute approximate surface area is 143 Å². The summed E-state index contributed by atoms with van der Waals surface area (Å²) in [6.07, 6.45) is 14.3. The van der Waals surface area contributed by atoms with E-state index in [0.29, 0.717) is 0 Å². The predicted molar refractivity (Wildman–Crippen MR) is 96.8 cm³/mol. The van der Waals surface area contributed by atoms with Gasteiger partial charge in [0.1, 0.15) is 5.82 Å². The number of hydrogen-bond donors (Lipinski definition) is 1. The highest BCUT2D eigenvalue weighted by molar-refractivity contribution is 5.74. The zero-order valence-corrected chi connectivity index (χ0v) is 14.5. The van der Waals surface area contributed by atoms with Crippen LogP contribution in [-0.2, 0) is 5.41 Å². The van der Waals surface area contributed by atoms with Gasteiger partial charge in [-0.1, -0.05) is 24.3 Å². The quantitative estimate of drug-likeness (QED) is 0.844. The van der Waals surface area contributed by atoms with Crippen LogP contribution in [0.4, 0.5) is 5.95 Å². The van der Waals surface area contributed by atoms with Gasteiger partial charge in [0.15, 0.2) is 5.82 Å². The van der Waals surface area contributed by atoms with E-state index in [4.69, 9.17) is 9.97 Å². The minimum Gasteiger partial charge on any atom is -0.354 e. The number of anilines is 1. The fraction of sp³-hybridized carbons (Fsp3) is 0.526. The minimum absolute atomic E-state index is 0.141. The van der Waals surface area contributed by atoms with Gasteiger partial charge in [0.05, 0.1) is 0 Å². The third-order valence-corrected chi connectivity index (χ3v) is 5.02. The molecule has 5 rings (SSSR count). The molecule has 0 amide bonds. The summed E-state index contributed by atoms with van der Waals surface area (Å²) in [4.78, 5) is 16.5. The van der Waals surface area contributed by atoms with E-state index in [0.717, 1.165) is 49.9 Å². The van der Waals surface area contributed by atoms with Crippen molar-refractivity contribution in [3.05, 3.63) is 41.5 Å². The number of nitrogens with one attached hydrogen (secondary N) is 1. The Bertz CT molecular complexity index is 725. The van der Waals surface area contributed by atoms with Gasteiger partial charge in [-0.15, -0.1) is 0 Å². The molecular weight excluding hydrogens is 298 g/mol. The predicted octanol–water partition coefficient (Wildman–Crippen LogP) is 2.94. The van der Waals surface area contributed by atoms with Crippen LogP contribution in [0.25, 0.3) is 5.57 Å². The number of allylic oxidation sites excluding steroid dienone is 6. The lowest BCUT2D eigenvalue weighted by molar-refractivity contribution is 0.405. The van der Waals surface area contributed by atoms with Crippen molar-refractivity contribution in [2.45, 2.75) is 37.5 Å². The molecule has 1 saturated carbocycles. The van der Waals surface area contributed by atoms with Gasteiger partial charge >= 0.3 is 0 Å². The van der Waals surface area contributed by atoms with Crippen molar-refractivity contribution in [1.82, 2.24) is 19.9 Å². The highest BCUT2D eigenvalue weighted by Crippen LogP contribution is 2.50. The maximum absolute atomic E-state index is 4.83. The average Bonchev–Trinajstić information content (AvgIpc) is 3.30. The molecule has 5 heteroatoms. The summed E-state index contributed by atoms with van der Waals surface area (Å²) in [6.45, 7) is 1.95. The van der Waals surface area contributed by atoms with Gasteiger partial charge in [0.25, 0.3) is 0 Å². The van der Waals surface area contributed by atoms with Crippen LogP contribution in [0, 0.1) is 0 Å². The smallest absolute Gasteiger partial charge is 0.226 e. The molecule has 0 atom stereocenters. The molecule has 1 spiro atoms. The van der Waals surface area contributed by atoms with Crippen LogP contribution in [0.1, 0.15) is 43.8 Å². The molecule has 1 aromatic rings. The van der Waals surface area contributed by atoms with E-state index in [9.17, 15) is 0 Å². The van der Waals surface area contributed by atoms with Crippen LogP contribution in [0.5, 0.6) is 0 Å². The molecular formula is C19H25N5. The van der Waals surface area contributed by atoms with E-state index in [2.05, 4.69) is 53.6 Å². The lowest BCUT2D eigenvalue weighted by Crippen LogP contribution is -2.19. The molecule has 1 N–H and O–H groups in total. The number of fused-ring (bicyclic) bond motifs is 2. The normalized spacial score (nSPS) is 23.6. The molecule has 0 unspecified atom stereocenters. The third-order valence-electron chi connectivity index (χ3n) is 5.02. The van der Waals surface area contributed by atoms with Crippen LogP contribution >= 0.6 is 0 Å². The van der Waals surface area contributed by atoms with Crippen molar-refractivity contribution in [1.29, 1.82) is 0 Å². The first kappa shape index (κ1) is 15.5.